The van der Waals surface area contributed by atoms with Gasteiger partial charge < -0.3 is 5.73 Å². The zero-order chi connectivity index (χ0) is 22.0. The number of benzene rings is 3. The van der Waals surface area contributed by atoms with E-state index in [1.807, 2.05) is 91.5 Å². The number of primary amides is 1. The molecular weight excluding hydrogens is 406 g/mol. The third-order valence-corrected chi connectivity index (χ3v) is 6.28. The second-order valence-electron chi connectivity index (χ2n) is 7.58. The van der Waals surface area contributed by atoms with Gasteiger partial charge in [-0.05, 0) is 49.2 Å². The average Bonchev–Trinajstić information content (AvgIpc) is 3.12. The zero-order valence-corrected chi connectivity index (χ0v) is 18.2. The summed E-state index contributed by atoms with van der Waals surface area (Å²) in [6.07, 6.45) is 0.0929. The van der Waals surface area contributed by atoms with Crippen LogP contribution in [0, 0.1) is 13.8 Å². The number of carbonyl (C=O) groups is 2. The fourth-order valence-corrected chi connectivity index (χ4v) is 4.75. The maximum absolute atomic E-state index is 13.0. The first kappa shape index (κ1) is 20.9. The third kappa shape index (κ3) is 4.54. The number of amidine groups is 1. The molecule has 1 unspecified atom stereocenters. The van der Waals surface area contributed by atoms with Crippen LogP contribution in [0.4, 0.5) is 11.4 Å². The van der Waals surface area contributed by atoms with E-state index in [1.165, 1.54) is 11.8 Å². The van der Waals surface area contributed by atoms with Crippen LogP contribution in [0.1, 0.15) is 27.5 Å². The Bertz CT molecular complexity index is 1160. The Morgan fingerprint density at radius 3 is 2.29 bits per heavy atom. The number of para-hydroxylation sites is 1. The number of hydrogen-bond acceptors (Lipinski definition) is 4. The molecule has 1 aliphatic rings. The molecule has 1 aliphatic heterocycles. The van der Waals surface area contributed by atoms with Gasteiger partial charge in [-0.15, -0.1) is 0 Å². The highest BCUT2D eigenvalue weighted by molar-refractivity contribution is 8.15. The summed E-state index contributed by atoms with van der Waals surface area (Å²) in [6, 6.07) is 23.7. The molecule has 0 saturated heterocycles. The molecular formula is C25H23N3O2S. The topological polar surface area (TPSA) is 75.8 Å². The number of anilines is 2. The van der Waals surface area contributed by atoms with Crippen molar-refractivity contribution in [2.75, 3.05) is 4.90 Å². The van der Waals surface area contributed by atoms with Crippen molar-refractivity contribution < 1.29 is 9.59 Å². The van der Waals surface area contributed by atoms with Gasteiger partial charge in [0.2, 0.25) is 5.91 Å². The molecule has 0 fully saturated rings. The van der Waals surface area contributed by atoms with E-state index in [1.54, 1.807) is 0 Å². The molecule has 1 heterocycles. The minimum Gasteiger partial charge on any atom is -0.369 e. The van der Waals surface area contributed by atoms with Gasteiger partial charge in [-0.3, -0.25) is 14.5 Å². The van der Waals surface area contributed by atoms with Crippen LogP contribution in [-0.2, 0) is 16.0 Å². The van der Waals surface area contributed by atoms with Crippen LogP contribution >= 0.6 is 11.8 Å². The summed E-state index contributed by atoms with van der Waals surface area (Å²) < 4.78 is 0. The van der Waals surface area contributed by atoms with Crippen molar-refractivity contribution in [2.24, 2.45) is 10.7 Å². The standard InChI is InChI=1S/C25H23N3O2S/c1-16-9-12-20(13-10-16)28(19-6-4-3-5-7-19)25-27-24(30)23(31-25)21-14-17(2)8-11-18(21)15-22(26)29/h3-14,23H,15H2,1-2H3,(H2,26,29). The predicted molar refractivity (Wildman–Crippen MR) is 127 cm³/mol. The van der Waals surface area contributed by atoms with Gasteiger partial charge in [0, 0.05) is 11.4 Å². The maximum Gasteiger partial charge on any atom is 0.266 e. The third-order valence-electron chi connectivity index (χ3n) is 5.10. The zero-order valence-electron chi connectivity index (χ0n) is 17.4. The van der Waals surface area contributed by atoms with Crippen LogP contribution in [0.2, 0.25) is 0 Å². The highest BCUT2D eigenvalue weighted by atomic mass is 32.2. The number of hydrogen-bond donors (Lipinski definition) is 1. The van der Waals surface area contributed by atoms with Gasteiger partial charge in [-0.2, -0.15) is 4.99 Å². The highest BCUT2D eigenvalue weighted by Crippen LogP contribution is 2.42. The van der Waals surface area contributed by atoms with Crippen molar-refractivity contribution in [3.63, 3.8) is 0 Å². The second-order valence-corrected chi connectivity index (χ2v) is 8.65. The summed E-state index contributed by atoms with van der Waals surface area (Å²) >= 11 is 1.40. The lowest BCUT2D eigenvalue weighted by Gasteiger charge is -2.24. The normalized spacial score (nSPS) is 15.6. The molecule has 156 valence electrons. The van der Waals surface area contributed by atoms with E-state index >= 15 is 0 Å². The number of nitrogens with two attached hydrogens (primary N) is 1. The summed E-state index contributed by atoms with van der Waals surface area (Å²) in [4.78, 5) is 31.0. The maximum atomic E-state index is 13.0. The van der Waals surface area contributed by atoms with Crippen molar-refractivity contribution in [3.8, 4) is 0 Å². The van der Waals surface area contributed by atoms with Gasteiger partial charge >= 0.3 is 0 Å². The van der Waals surface area contributed by atoms with Crippen molar-refractivity contribution in [1.82, 2.24) is 0 Å². The van der Waals surface area contributed by atoms with E-state index in [9.17, 15) is 9.59 Å². The molecule has 3 aromatic rings. The number of carbonyl (C=O) groups excluding carboxylic acids is 2. The summed E-state index contributed by atoms with van der Waals surface area (Å²) in [7, 11) is 0. The molecule has 1 atom stereocenters. The van der Waals surface area contributed by atoms with Crippen LogP contribution in [0.5, 0.6) is 0 Å². The van der Waals surface area contributed by atoms with Crippen LogP contribution in [-0.4, -0.2) is 17.0 Å². The minimum atomic E-state index is -0.513. The Morgan fingerprint density at radius 1 is 0.968 bits per heavy atom. The van der Waals surface area contributed by atoms with E-state index in [4.69, 9.17) is 5.73 Å². The van der Waals surface area contributed by atoms with E-state index in [2.05, 4.69) is 4.99 Å². The monoisotopic (exact) mass is 429 g/mol. The molecule has 31 heavy (non-hydrogen) atoms. The molecule has 0 saturated carbocycles. The molecule has 0 spiro atoms. The first-order valence-electron chi connectivity index (χ1n) is 10.0. The number of aliphatic imine (C=N–C) groups is 1. The number of aryl methyl sites for hydroxylation is 2. The summed E-state index contributed by atoms with van der Waals surface area (Å²) in [6.45, 7) is 4.00. The lowest BCUT2D eigenvalue weighted by Crippen LogP contribution is -2.22. The Labute approximate surface area is 186 Å². The van der Waals surface area contributed by atoms with Gasteiger partial charge in [0.25, 0.3) is 5.91 Å². The second kappa shape index (κ2) is 8.78. The number of amides is 2. The Morgan fingerprint density at radius 2 is 1.61 bits per heavy atom. The SMILES string of the molecule is Cc1ccc(N(C2=NC(=O)C(c3cc(C)ccc3CC(N)=O)S2)c2ccccc2)cc1. The van der Waals surface area contributed by atoms with Crippen LogP contribution in [0.25, 0.3) is 0 Å². The van der Waals surface area contributed by atoms with Crippen LogP contribution < -0.4 is 10.6 Å². The summed E-state index contributed by atoms with van der Waals surface area (Å²) in [5, 5.41) is 0.0949. The van der Waals surface area contributed by atoms with E-state index < -0.39 is 11.2 Å². The van der Waals surface area contributed by atoms with E-state index in [0.717, 1.165) is 33.6 Å². The average molecular weight is 430 g/mol. The Kier molecular flexibility index (Phi) is 5.91. The van der Waals surface area contributed by atoms with Crippen molar-refractivity contribution in [3.05, 3.63) is 95.1 Å². The summed E-state index contributed by atoms with van der Waals surface area (Å²) in [5.41, 5.74) is 11.0. The van der Waals surface area contributed by atoms with Gasteiger partial charge in [0.15, 0.2) is 5.17 Å². The molecule has 0 aromatic heterocycles. The van der Waals surface area contributed by atoms with E-state index in [0.29, 0.717) is 5.17 Å². The molecule has 2 N–H and O–H groups in total. The molecule has 5 nitrogen and oxygen atoms in total. The molecule has 3 aromatic carbocycles. The number of nitrogens with zero attached hydrogens (tertiary/aromatic N) is 2. The van der Waals surface area contributed by atoms with Crippen molar-refractivity contribution >= 4 is 40.1 Å². The lowest BCUT2D eigenvalue weighted by molar-refractivity contribution is -0.118. The molecule has 2 amide bonds. The van der Waals surface area contributed by atoms with Crippen molar-refractivity contribution in [1.29, 1.82) is 0 Å². The fourth-order valence-electron chi connectivity index (χ4n) is 3.58. The van der Waals surface area contributed by atoms with Crippen molar-refractivity contribution in [2.45, 2.75) is 25.5 Å². The number of rotatable bonds is 5. The van der Waals surface area contributed by atoms with Gasteiger partial charge in [0.1, 0.15) is 5.25 Å². The van der Waals surface area contributed by atoms with Gasteiger partial charge in [-0.1, -0.05) is 71.4 Å². The largest absolute Gasteiger partial charge is 0.369 e. The lowest BCUT2D eigenvalue weighted by atomic mass is 9.98. The smallest absolute Gasteiger partial charge is 0.266 e. The van der Waals surface area contributed by atoms with Gasteiger partial charge in [-0.25, -0.2) is 0 Å². The quantitative estimate of drug-likeness (QED) is 0.630. The molecule has 6 heteroatoms. The first-order chi connectivity index (χ1) is 14.9. The van der Waals surface area contributed by atoms with Crippen LogP contribution in [0.15, 0.2) is 77.8 Å². The Hall–Kier alpha value is -3.38. The molecule has 0 aliphatic carbocycles. The minimum absolute atomic E-state index is 0.0929. The Balaban J connectivity index is 1.73. The predicted octanol–water partition coefficient (Wildman–Crippen LogP) is 4.84. The first-order valence-corrected chi connectivity index (χ1v) is 10.9. The molecule has 0 bridgehead atoms. The highest BCUT2D eigenvalue weighted by Gasteiger charge is 2.35. The number of thioether (sulfide) groups is 1. The van der Waals surface area contributed by atoms with E-state index in [-0.39, 0.29) is 12.3 Å². The molecule has 4 rings (SSSR count). The fraction of sp³-hybridized carbons (Fsp3) is 0.160. The molecule has 0 radical (unpaired) electrons. The van der Waals surface area contributed by atoms with Crippen LogP contribution in [0.3, 0.4) is 0 Å². The summed E-state index contributed by atoms with van der Waals surface area (Å²) in [5.74, 6) is -0.656. The van der Waals surface area contributed by atoms with Gasteiger partial charge in [0.05, 0.1) is 6.42 Å².